The maximum absolute atomic E-state index is 9.56. The molecule has 0 saturated carbocycles. The first-order chi connectivity index (χ1) is 2.56. The Morgan fingerprint density at radius 3 is 1.71 bits per heavy atom. The van der Waals surface area contributed by atoms with E-state index in [9.17, 15) is 8.42 Å². The van der Waals surface area contributed by atoms with Crippen LogP contribution in [0.25, 0.3) is 0 Å². The summed E-state index contributed by atoms with van der Waals surface area (Å²) in [4.78, 5) is 0. The molecule has 5 heteroatoms. The molecular formula is C2H6NiO3S. The molecule has 0 fully saturated rings. The second-order valence-electron chi connectivity index (χ2n) is 0.871. The van der Waals surface area contributed by atoms with Crippen LogP contribution < -0.4 is 0 Å². The Morgan fingerprint density at radius 1 is 1.57 bits per heavy atom. The van der Waals surface area contributed by atoms with Gasteiger partial charge in [-0.2, -0.15) is 8.42 Å². The summed E-state index contributed by atoms with van der Waals surface area (Å²) in [5.41, 5.74) is 0. The molecule has 0 aromatic carbocycles. The molecule has 0 spiro atoms. The summed E-state index contributed by atoms with van der Waals surface area (Å²) in [5, 5.41) is 0. The number of rotatable bonds is 1. The summed E-state index contributed by atoms with van der Waals surface area (Å²) >= 11 is 0. The van der Waals surface area contributed by atoms with Crippen LogP contribution in [0.5, 0.6) is 0 Å². The van der Waals surface area contributed by atoms with Crippen LogP contribution in [-0.4, -0.2) is 18.7 Å². The topological polar surface area (TPSA) is 54.4 Å². The van der Waals surface area contributed by atoms with E-state index < -0.39 is 10.1 Å². The molecule has 0 rings (SSSR count). The van der Waals surface area contributed by atoms with Crippen molar-refractivity contribution in [3.63, 3.8) is 0 Å². The monoisotopic (exact) mass is 168 g/mol. The van der Waals surface area contributed by atoms with E-state index in [-0.39, 0.29) is 22.2 Å². The predicted octanol–water partition coefficient (Wildman–Crippen LogP) is -0.108. The van der Waals surface area contributed by atoms with Gasteiger partial charge in [-0.3, -0.25) is 4.55 Å². The minimum absolute atomic E-state index is 0. The fourth-order valence-electron chi connectivity index (χ4n) is 0. The van der Waals surface area contributed by atoms with E-state index in [4.69, 9.17) is 4.55 Å². The smallest absolute Gasteiger partial charge is 0.264 e. The molecular weight excluding hydrogens is 163 g/mol. The summed E-state index contributed by atoms with van der Waals surface area (Å²) in [6.45, 7) is 1.37. The van der Waals surface area contributed by atoms with Gasteiger partial charge in [-0.05, 0) is 6.92 Å². The van der Waals surface area contributed by atoms with Crippen LogP contribution in [0.15, 0.2) is 0 Å². The third-order valence-electron chi connectivity index (χ3n) is 0.365. The van der Waals surface area contributed by atoms with Gasteiger partial charge in [-0.15, -0.1) is 0 Å². The van der Waals surface area contributed by atoms with Crippen molar-refractivity contribution in [1.29, 1.82) is 0 Å². The van der Waals surface area contributed by atoms with Crippen LogP contribution in [0.4, 0.5) is 0 Å². The van der Waals surface area contributed by atoms with E-state index in [0.29, 0.717) is 0 Å². The average Bonchev–Trinajstić information content (AvgIpc) is 1.35. The van der Waals surface area contributed by atoms with Gasteiger partial charge >= 0.3 is 0 Å². The van der Waals surface area contributed by atoms with Crippen LogP contribution >= 0.6 is 0 Å². The Kier molecular flexibility index (Phi) is 5.07. The Hall–Kier alpha value is 0.404. The van der Waals surface area contributed by atoms with Crippen LogP contribution in [0.2, 0.25) is 0 Å². The van der Waals surface area contributed by atoms with Gasteiger partial charge in [0.15, 0.2) is 0 Å². The first kappa shape index (κ1) is 10.4. The van der Waals surface area contributed by atoms with E-state index >= 15 is 0 Å². The summed E-state index contributed by atoms with van der Waals surface area (Å²) < 4.78 is 26.9. The Balaban J connectivity index is 0. The molecule has 0 heterocycles. The zero-order chi connectivity index (χ0) is 5.21. The molecule has 1 N–H and O–H groups in total. The molecule has 48 valence electrons. The molecule has 0 unspecified atom stereocenters. The zero-order valence-corrected chi connectivity index (χ0v) is 5.50. The maximum Gasteiger partial charge on any atom is 0.264 e. The fourth-order valence-corrected chi connectivity index (χ4v) is 0. The SMILES string of the molecule is CCS(=O)(=O)O.[Ni]. The molecule has 3 nitrogen and oxygen atoms in total. The van der Waals surface area contributed by atoms with Gasteiger partial charge in [-0.1, -0.05) is 0 Å². The van der Waals surface area contributed by atoms with Gasteiger partial charge in [0.25, 0.3) is 10.1 Å². The molecule has 0 aliphatic heterocycles. The molecule has 0 saturated heterocycles. The molecule has 0 aliphatic carbocycles. The molecule has 0 atom stereocenters. The number of hydrogen-bond acceptors (Lipinski definition) is 2. The normalized spacial score (nSPS) is 10.0. The summed E-state index contributed by atoms with van der Waals surface area (Å²) in [6.07, 6.45) is 0. The molecule has 0 aromatic rings. The standard InChI is InChI=1S/C2H6O3S.Ni/c1-2-6(3,4)5;/h2H2,1H3,(H,3,4,5);. The van der Waals surface area contributed by atoms with Gasteiger partial charge in [0.1, 0.15) is 0 Å². The van der Waals surface area contributed by atoms with Crippen molar-refractivity contribution in [2.45, 2.75) is 6.92 Å². The van der Waals surface area contributed by atoms with Gasteiger partial charge < -0.3 is 0 Å². The van der Waals surface area contributed by atoms with Crippen molar-refractivity contribution >= 4 is 10.1 Å². The minimum atomic E-state index is -3.66. The van der Waals surface area contributed by atoms with Gasteiger partial charge in [0.2, 0.25) is 0 Å². The molecule has 0 aliphatic rings. The van der Waals surface area contributed by atoms with Crippen molar-refractivity contribution in [3.8, 4) is 0 Å². The largest absolute Gasteiger partial charge is 0.286 e. The summed E-state index contributed by atoms with van der Waals surface area (Å²) in [5.74, 6) is -0.201. The van der Waals surface area contributed by atoms with Gasteiger partial charge in [0, 0.05) is 16.5 Å². The van der Waals surface area contributed by atoms with Crippen molar-refractivity contribution in [2.24, 2.45) is 0 Å². The van der Waals surface area contributed by atoms with E-state index in [1.54, 1.807) is 0 Å². The molecule has 0 aromatic heterocycles. The Labute approximate surface area is 52.8 Å². The van der Waals surface area contributed by atoms with Crippen molar-refractivity contribution < 1.29 is 29.5 Å². The second-order valence-corrected chi connectivity index (χ2v) is 2.61. The van der Waals surface area contributed by atoms with Gasteiger partial charge in [-0.25, -0.2) is 0 Å². The number of hydrogen-bond donors (Lipinski definition) is 1. The van der Waals surface area contributed by atoms with Crippen molar-refractivity contribution in [3.05, 3.63) is 0 Å². The maximum atomic E-state index is 9.56. The third kappa shape index (κ3) is 10.7. The molecule has 0 radical (unpaired) electrons. The predicted molar refractivity (Wildman–Crippen MR) is 22.1 cm³/mol. The summed E-state index contributed by atoms with van der Waals surface area (Å²) in [6, 6.07) is 0. The quantitative estimate of drug-likeness (QED) is 0.440. The minimum Gasteiger partial charge on any atom is -0.286 e. The average molecular weight is 169 g/mol. The van der Waals surface area contributed by atoms with Crippen LogP contribution in [0.1, 0.15) is 6.92 Å². The third-order valence-corrected chi connectivity index (χ3v) is 1.09. The van der Waals surface area contributed by atoms with E-state index in [0.717, 1.165) is 0 Å². The molecule has 7 heavy (non-hydrogen) atoms. The van der Waals surface area contributed by atoms with Crippen LogP contribution in [0, 0.1) is 0 Å². The summed E-state index contributed by atoms with van der Waals surface area (Å²) in [7, 11) is -3.66. The zero-order valence-electron chi connectivity index (χ0n) is 3.70. The van der Waals surface area contributed by atoms with Gasteiger partial charge in [0.05, 0.1) is 5.75 Å². The Morgan fingerprint density at radius 2 is 1.71 bits per heavy atom. The van der Waals surface area contributed by atoms with E-state index in [2.05, 4.69) is 0 Å². The first-order valence-corrected chi connectivity index (χ1v) is 3.12. The van der Waals surface area contributed by atoms with Crippen LogP contribution in [-0.2, 0) is 26.6 Å². The second kappa shape index (κ2) is 3.41. The Bertz CT molecular complexity index is 115. The van der Waals surface area contributed by atoms with Crippen LogP contribution in [0.3, 0.4) is 0 Å². The van der Waals surface area contributed by atoms with E-state index in [1.807, 2.05) is 0 Å². The van der Waals surface area contributed by atoms with E-state index in [1.165, 1.54) is 6.92 Å². The molecule has 0 bridgehead atoms. The molecule has 0 amide bonds. The fraction of sp³-hybridized carbons (Fsp3) is 1.00. The van der Waals surface area contributed by atoms with Crippen molar-refractivity contribution in [1.82, 2.24) is 0 Å². The van der Waals surface area contributed by atoms with Crippen molar-refractivity contribution in [2.75, 3.05) is 5.75 Å². The first-order valence-electron chi connectivity index (χ1n) is 1.51.